The molecule has 0 aliphatic rings. The number of nitrogens with one attached hydrogen (secondary N) is 1. The monoisotopic (exact) mass is 409 g/mol. The van der Waals surface area contributed by atoms with Gasteiger partial charge in [-0.1, -0.05) is 48.8 Å². The molecule has 2 aromatic rings. The van der Waals surface area contributed by atoms with E-state index in [9.17, 15) is 9.59 Å². The molecular weight excluding hydrogens is 390 g/mol. The largest absolute Gasteiger partial charge is 0.462 e. The minimum Gasteiger partial charge on any atom is -0.462 e. The maximum Gasteiger partial charge on any atom is 0.341 e. The highest BCUT2D eigenvalue weighted by Gasteiger charge is 2.27. The van der Waals surface area contributed by atoms with Crippen LogP contribution in [0.15, 0.2) is 34.1 Å². The van der Waals surface area contributed by atoms with E-state index in [0.29, 0.717) is 10.6 Å². The predicted octanol–water partition coefficient (Wildman–Crippen LogP) is 5.34. The van der Waals surface area contributed by atoms with Gasteiger partial charge in [-0.15, -0.1) is 11.3 Å². The molecule has 4 nitrogen and oxygen atoms in total. The molecule has 128 valence electrons. The zero-order chi connectivity index (χ0) is 17.9. The van der Waals surface area contributed by atoms with Gasteiger partial charge in [0.05, 0.1) is 6.61 Å². The van der Waals surface area contributed by atoms with Crippen LogP contribution in [0.1, 0.15) is 38.1 Å². The second-order valence-electron chi connectivity index (χ2n) is 6.28. The number of esters is 1. The van der Waals surface area contributed by atoms with Crippen molar-refractivity contribution in [2.45, 2.75) is 27.7 Å². The van der Waals surface area contributed by atoms with E-state index in [2.05, 4.69) is 21.2 Å². The number of carbonyl (C=O) groups excluding carboxylic acids is 2. The number of thiophene rings is 1. The summed E-state index contributed by atoms with van der Waals surface area (Å²) in [5.41, 5.74) is 1.51. The number of hydrogen-bond acceptors (Lipinski definition) is 4. The normalized spacial score (nSPS) is 11.2. The predicted molar refractivity (Wildman–Crippen MR) is 101 cm³/mol. The highest BCUT2D eigenvalue weighted by atomic mass is 79.9. The van der Waals surface area contributed by atoms with E-state index < -0.39 is 11.4 Å². The molecule has 1 aromatic heterocycles. The van der Waals surface area contributed by atoms with Crippen LogP contribution >= 0.6 is 27.3 Å². The fourth-order valence-electron chi connectivity index (χ4n) is 1.99. The van der Waals surface area contributed by atoms with E-state index in [0.717, 1.165) is 15.6 Å². The van der Waals surface area contributed by atoms with E-state index in [4.69, 9.17) is 4.74 Å². The van der Waals surface area contributed by atoms with Gasteiger partial charge in [-0.25, -0.2) is 4.79 Å². The van der Waals surface area contributed by atoms with Crippen LogP contribution in [0, 0.1) is 5.41 Å². The van der Waals surface area contributed by atoms with Gasteiger partial charge in [0.2, 0.25) is 5.91 Å². The first-order chi connectivity index (χ1) is 11.2. The Morgan fingerprint density at radius 3 is 2.38 bits per heavy atom. The first-order valence-corrected chi connectivity index (χ1v) is 9.27. The molecule has 2 rings (SSSR count). The zero-order valence-corrected chi connectivity index (χ0v) is 16.5. The van der Waals surface area contributed by atoms with Crippen molar-refractivity contribution >= 4 is 44.1 Å². The van der Waals surface area contributed by atoms with E-state index in [1.807, 2.05) is 50.4 Å². The lowest BCUT2D eigenvalue weighted by Gasteiger charge is -2.17. The Morgan fingerprint density at radius 1 is 1.21 bits per heavy atom. The third-order valence-corrected chi connectivity index (χ3v) is 4.76. The Balaban J connectivity index is 2.47. The SMILES string of the molecule is CCOC(=O)c1c(-c2ccc(Br)cc2)csc1NC(=O)C(C)(C)C. The summed E-state index contributed by atoms with van der Waals surface area (Å²) >= 11 is 4.73. The molecule has 1 heterocycles. The van der Waals surface area contributed by atoms with Gasteiger partial charge in [-0.05, 0) is 24.6 Å². The lowest BCUT2D eigenvalue weighted by molar-refractivity contribution is -0.123. The number of benzene rings is 1. The molecule has 1 N–H and O–H groups in total. The molecule has 6 heteroatoms. The van der Waals surface area contributed by atoms with E-state index in [1.54, 1.807) is 6.92 Å². The number of ether oxygens (including phenoxy) is 1. The third kappa shape index (κ3) is 4.24. The number of halogens is 1. The Kier molecular flexibility index (Phi) is 5.83. The van der Waals surface area contributed by atoms with Crippen LogP contribution in [0.25, 0.3) is 11.1 Å². The Labute approximate surface area is 154 Å². The number of amides is 1. The van der Waals surface area contributed by atoms with Gasteiger partial charge in [0.15, 0.2) is 0 Å². The van der Waals surface area contributed by atoms with Gasteiger partial charge in [-0.2, -0.15) is 0 Å². The lowest BCUT2D eigenvalue weighted by atomic mass is 9.95. The number of hydrogen-bond donors (Lipinski definition) is 1. The molecule has 1 amide bonds. The van der Waals surface area contributed by atoms with Crippen LogP contribution in [0.4, 0.5) is 5.00 Å². The zero-order valence-electron chi connectivity index (χ0n) is 14.1. The number of rotatable bonds is 4. The smallest absolute Gasteiger partial charge is 0.341 e. The topological polar surface area (TPSA) is 55.4 Å². The van der Waals surface area contributed by atoms with Crippen molar-refractivity contribution < 1.29 is 14.3 Å². The summed E-state index contributed by atoms with van der Waals surface area (Å²) in [6.07, 6.45) is 0. The summed E-state index contributed by atoms with van der Waals surface area (Å²) in [6.45, 7) is 7.53. The molecule has 0 saturated carbocycles. The molecule has 0 fully saturated rings. The van der Waals surface area contributed by atoms with Gasteiger partial charge in [0.25, 0.3) is 0 Å². The summed E-state index contributed by atoms with van der Waals surface area (Å²) in [7, 11) is 0. The van der Waals surface area contributed by atoms with Crippen molar-refractivity contribution in [3.8, 4) is 11.1 Å². The Bertz CT molecular complexity index is 745. The fourth-order valence-corrected chi connectivity index (χ4v) is 3.21. The van der Waals surface area contributed by atoms with Crippen LogP contribution in [-0.4, -0.2) is 18.5 Å². The van der Waals surface area contributed by atoms with Crippen molar-refractivity contribution in [2.24, 2.45) is 5.41 Å². The van der Waals surface area contributed by atoms with Crippen molar-refractivity contribution in [3.63, 3.8) is 0 Å². The minimum absolute atomic E-state index is 0.141. The van der Waals surface area contributed by atoms with Crippen LogP contribution in [0.2, 0.25) is 0 Å². The molecule has 0 saturated heterocycles. The average molecular weight is 410 g/mol. The van der Waals surface area contributed by atoms with Crippen molar-refractivity contribution in [1.29, 1.82) is 0 Å². The molecule has 24 heavy (non-hydrogen) atoms. The standard InChI is InChI=1S/C18H20BrNO3S/c1-5-23-16(21)14-13(11-6-8-12(19)9-7-11)10-24-15(14)20-17(22)18(2,3)4/h6-10H,5H2,1-4H3,(H,20,22). The summed E-state index contributed by atoms with van der Waals surface area (Å²) in [5, 5.41) is 5.25. The number of carbonyl (C=O) groups is 2. The van der Waals surface area contributed by atoms with Crippen LogP contribution in [-0.2, 0) is 9.53 Å². The Morgan fingerprint density at radius 2 is 1.83 bits per heavy atom. The second kappa shape index (κ2) is 7.49. The highest BCUT2D eigenvalue weighted by Crippen LogP contribution is 2.37. The summed E-state index contributed by atoms with van der Waals surface area (Å²) in [5.74, 6) is -0.571. The van der Waals surface area contributed by atoms with Crippen molar-refractivity contribution in [3.05, 3.63) is 39.7 Å². The first kappa shape index (κ1) is 18.7. The van der Waals surface area contributed by atoms with Gasteiger partial charge < -0.3 is 10.1 Å². The lowest BCUT2D eigenvalue weighted by Crippen LogP contribution is -2.28. The fraction of sp³-hybridized carbons (Fsp3) is 0.333. The maximum atomic E-state index is 12.4. The van der Waals surface area contributed by atoms with Crippen LogP contribution in [0.3, 0.4) is 0 Å². The first-order valence-electron chi connectivity index (χ1n) is 7.60. The van der Waals surface area contributed by atoms with Gasteiger partial charge >= 0.3 is 5.97 Å². The molecule has 1 aromatic carbocycles. The molecule has 0 spiro atoms. The highest BCUT2D eigenvalue weighted by molar-refractivity contribution is 9.10. The van der Waals surface area contributed by atoms with E-state index in [1.165, 1.54) is 11.3 Å². The minimum atomic E-state index is -0.548. The van der Waals surface area contributed by atoms with Crippen molar-refractivity contribution in [2.75, 3.05) is 11.9 Å². The van der Waals surface area contributed by atoms with Crippen molar-refractivity contribution in [1.82, 2.24) is 0 Å². The molecular formula is C18H20BrNO3S. The third-order valence-electron chi connectivity index (χ3n) is 3.33. The number of anilines is 1. The molecule has 0 unspecified atom stereocenters. The molecule has 0 aliphatic heterocycles. The second-order valence-corrected chi connectivity index (χ2v) is 8.08. The molecule has 0 aliphatic carbocycles. The Hall–Kier alpha value is -1.66. The molecule has 0 radical (unpaired) electrons. The van der Waals surface area contributed by atoms with Crippen LogP contribution in [0.5, 0.6) is 0 Å². The van der Waals surface area contributed by atoms with Gasteiger partial charge in [0.1, 0.15) is 10.6 Å². The van der Waals surface area contributed by atoms with E-state index >= 15 is 0 Å². The van der Waals surface area contributed by atoms with Gasteiger partial charge in [0, 0.05) is 20.8 Å². The van der Waals surface area contributed by atoms with Crippen LogP contribution < -0.4 is 5.32 Å². The maximum absolute atomic E-state index is 12.4. The molecule has 0 atom stereocenters. The quantitative estimate of drug-likeness (QED) is 0.693. The average Bonchev–Trinajstić information content (AvgIpc) is 2.91. The summed E-state index contributed by atoms with van der Waals surface area (Å²) < 4.78 is 6.15. The van der Waals surface area contributed by atoms with E-state index in [-0.39, 0.29) is 12.5 Å². The summed E-state index contributed by atoms with van der Waals surface area (Å²) in [6, 6.07) is 7.67. The molecule has 0 bridgehead atoms. The van der Waals surface area contributed by atoms with Gasteiger partial charge in [-0.3, -0.25) is 4.79 Å². The summed E-state index contributed by atoms with van der Waals surface area (Å²) in [4.78, 5) is 24.7.